The third kappa shape index (κ3) is 2.13. The summed E-state index contributed by atoms with van der Waals surface area (Å²) >= 11 is 0. The highest BCUT2D eigenvalue weighted by atomic mass is 16.6. The average Bonchev–Trinajstić information content (AvgIpc) is 2.86. The molecule has 1 unspecified atom stereocenters. The highest BCUT2D eigenvalue weighted by Gasteiger charge is 2.26. The van der Waals surface area contributed by atoms with Gasteiger partial charge in [0, 0.05) is 18.3 Å². The molecule has 0 amide bonds. The van der Waals surface area contributed by atoms with Crippen LogP contribution in [0.2, 0.25) is 0 Å². The highest BCUT2D eigenvalue weighted by Crippen LogP contribution is 2.30. The van der Waals surface area contributed by atoms with E-state index in [4.69, 9.17) is 5.26 Å². The van der Waals surface area contributed by atoms with Crippen LogP contribution >= 0.6 is 0 Å². The molecule has 1 aliphatic heterocycles. The number of hydrogen-bond acceptors (Lipinski definition) is 5. The summed E-state index contributed by atoms with van der Waals surface area (Å²) in [5.41, 5.74) is 0.569. The predicted molar refractivity (Wildman–Crippen MR) is 65.3 cm³/mol. The minimum Gasteiger partial charge on any atom is -0.394 e. The molecule has 0 spiro atoms. The van der Waals surface area contributed by atoms with Crippen molar-refractivity contribution in [2.45, 2.75) is 18.9 Å². The maximum atomic E-state index is 10.9. The Bertz CT molecular complexity index is 510. The summed E-state index contributed by atoms with van der Waals surface area (Å²) in [5, 5.41) is 28.9. The van der Waals surface area contributed by atoms with E-state index in [1.807, 2.05) is 11.0 Å². The molecule has 2 rings (SSSR count). The highest BCUT2D eigenvalue weighted by molar-refractivity contribution is 5.61. The second-order valence-electron chi connectivity index (χ2n) is 4.24. The fourth-order valence-corrected chi connectivity index (χ4v) is 2.31. The topological polar surface area (TPSA) is 90.4 Å². The molecule has 0 aliphatic carbocycles. The minimum atomic E-state index is -0.550. The van der Waals surface area contributed by atoms with Crippen LogP contribution in [0.4, 0.5) is 11.4 Å². The van der Waals surface area contributed by atoms with Gasteiger partial charge in [0.25, 0.3) is 5.69 Å². The predicted octanol–water partition coefficient (Wildman–Crippen LogP) is 1.43. The van der Waals surface area contributed by atoms with Crippen molar-refractivity contribution in [2.75, 3.05) is 18.1 Å². The Morgan fingerprint density at radius 3 is 3.00 bits per heavy atom. The molecule has 6 nitrogen and oxygen atoms in total. The van der Waals surface area contributed by atoms with E-state index < -0.39 is 4.92 Å². The standard InChI is InChI=1S/C12H13N3O3/c13-7-9-3-4-10(6-12(9)15(17)18)14-5-1-2-11(14)8-16/h3-4,6,11,16H,1-2,5,8H2. The van der Waals surface area contributed by atoms with Gasteiger partial charge < -0.3 is 10.0 Å². The van der Waals surface area contributed by atoms with E-state index >= 15 is 0 Å². The van der Waals surface area contributed by atoms with Crippen LogP contribution in [0, 0.1) is 21.4 Å². The molecule has 0 bridgehead atoms. The van der Waals surface area contributed by atoms with Crippen molar-refractivity contribution in [1.29, 1.82) is 5.26 Å². The first-order valence-corrected chi connectivity index (χ1v) is 5.73. The molecule has 1 aromatic rings. The quantitative estimate of drug-likeness (QED) is 0.644. The molecule has 1 heterocycles. The van der Waals surface area contributed by atoms with Crippen LogP contribution in [0.3, 0.4) is 0 Å². The van der Waals surface area contributed by atoms with Crippen LogP contribution < -0.4 is 4.90 Å². The number of hydrogen-bond donors (Lipinski definition) is 1. The number of nitrogens with zero attached hydrogens (tertiary/aromatic N) is 3. The summed E-state index contributed by atoms with van der Waals surface area (Å²) < 4.78 is 0. The lowest BCUT2D eigenvalue weighted by molar-refractivity contribution is -0.385. The van der Waals surface area contributed by atoms with Crippen molar-refractivity contribution >= 4 is 11.4 Å². The zero-order valence-corrected chi connectivity index (χ0v) is 9.74. The largest absolute Gasteiger partial charge is 0.394 e. The zero-order chi connectivity index (χ0) is 13.1. The normalized spacial score (nSPS) is 18.7. The Labute approximate surface area is 104 Å². The Balaban J connectivity index is 2.38. The minimum absolute atomic E-state index is 0.0116. The third-order valence-corrected chi connectivity index (χ3v) is 3.22. The molecule has 0 radical (unpaired) electrons. The second-order valence-corrected chi connectivity index (χ2v) is 4.24. The van der Waals surface area contributed by atoms with Crippen LogP contribution in [0.5, 0.6) is 0 Å². The number of nitro groups is 1. The molecular weight excluding hydrogens is 234 g/mol. The first-order chi connectivity index (χ1) is 8.67. The maximum absolute atomic E-state index is 10.9. The molecule has 1 atom stereocenters. The second kappa shape index (κ2) is 5.02. The summed E-state index contributed by atoms with van der Waals surface area (Å²) in [4.78, 5) is 12.3. The van der Waals surface area contributed by atoms with Crippen LogP contribution in [0.25, 0.3) is 0 Å². The Hall–Kier alpha value is -2.13. The Morgan fingerprint density at radius 2 is 2.39 bits per heavy atom. The van der Waals surface area contributed by atoms with Crippen LogP contribution in [0.15, 0.2) is 18.2 Å². The molecule has 1 aromatic carbocycles. The van der Waals surface area contributed by atoms with E-state index in [0.717, 1.165) is 19.4 Å². The van der Waals surface area contributed by atoms with E-state index in [0.29, 0.717) is 5.69 Å². The van der Waals surface area contributed by atoms with Crippen LogP contribution in [-0.2, 0) is 0 Å². The lowest BCUT2D eigenvalue weighted by Crippen LogP contribution is -2.32. The zero-order valence-electron chi connectivity index (χ0n) is 9.74. The van der Waals surface area contributed by atoms with Gasteiger partial charge in [0.1, 0.15) is 11.6 Å². The van der Waals surface area contributed by atoms with E-state index in [9.17, 15) is 15.2 Å². The molecule has 0 aromatic heterocycles. The van der Waals surface area contributed by atoms with Gasteiger partial charge in [0.2, 0.25) is 0 Å². The Kier molecular flexibility index (Phi) is 3.44. The van der Waals surface area contributed by atoms with E-state index in [-0.39, 0.29) is 23.9 Å². The monoisotopic (exact) mass is 247 g/mol. The molecule has 6 heteroatoms. The molecule has 1 aliphatic rings. The van der Waals surface area contributed by atoms with Crippen molar-refractivity contribution in [3.05, 3.63) is 33.9 Å². The molecule has 18 heavy (non-hydrogen) atoms. The third-order valence-electron chi connectivity index (χ3n) is 3.22. The van der Waals surface area contributed by atoms with E-state index in [2.05, 4.69) is 0 Å². The number of aliphatic hydroxyl groups is 1. The van der Waals surface area contributed by atoms with Gasteiger partial charge in [0.05, 0.1) is 17.6 Å². The summed E-state index contributed by atoms with van der Waals surface area (Å²) in [6.45, 7) is 0.808. The number of nitriles is 1. The first-order valence-electron chi connectivity index (χ1n) is 5.73. The van der Waals surface area contributed by atoms with Crippen LogP contribution in [-0.4, -0.2) is 29.2 Å². The molecule has 94 valence electrons. The van der Waals surface area contributed by atoms with E-state index in [1.54, 1.807) is 6.07 Å². The lowest BCUT2D eigenvalue weighted by atomic mass is 10.1. The number of aliphatic hydroxyl groups excluding tert-OH is 1. The number of anilines is 1. The summed E-state index contributed by atoms with van der Waals surface area (Å²) in [6.07, 6.45) is 1.84. The number of rotatable bonds is 3. The van der Waals surface area contributed by atoms with Gasteiger partial charge in [-0.2, -0.15) is 5.26 Å². The van der Waals surface area contributed by atoms with E-state index in [1.165, 1.54) is 12.1 Å². The summed E-state index contributed by atoms with van der Waals surface area (Å²) in [7, 11) is 0. The van der Waals surface area contributed by atoms with Crippen molar-refractivity contribution < 1.29 is 10.0 Å². The maximum Gasteiger partial charge on any atom is 0.289 e. The van der Waals surface area contributed by atoms with Gasteiger partial charge in [-0.1, -0.05) is 0 Å². The van der Waals surface area contributed by atoms with Gasteiger partial charge in [-0.15, -0.1) is 0 Å². The van der Waals surface area contributed by atoms with Gasteiger partial charge >= 0.3 is 0 Å². The van der Waals surface area contributed by atoms with Gasteiger partial charge in [-0.05, 0) is 25.0 Å². The molecule has 1 N–H and O–H groups in total. The smallest absolute Gasteiger partial charge is 0.289 e. The van der Waals surface area contributed by atoms with Gasteiger partial charge in [-0.3, -0.25) is 10.1 Å². The average molecular weight is 247 g/mol. The van der Waals surface area contributed by atoms with Crippen molar-refractivity contribution in [3.63, 3.8) is 0 Å². The number of benzene rings is 1. The Morgan fingerprint density at radius 1 is 1.61 bits per heavy atom. The first kappa shape index (κ1) is 12.3. The van der Waals surface area contributed by atoms with Crippen LogP contribution in [0.1, 0.15) is 18.4 Å². The van der Waals surface area contributed by atoms with Crippen molar-refractivity contribution in [3.8, 4) is 6.07 Å². The summed E-state index contributed by atoms with van der Waals surface area (Å²) in [6, 6.07) is 6.38. The SMILES string of the molecule is N#Cc1ccc(N2CCCC2CO)cc1[N+](=O)[O-]. The molecule has 0 saturated carbocycles. The summed E-state index contributed by atoms with van der Waals surface area (Å²) in [5.74, 6) is 0. The molecular formula is C12H13N3O3. The van der Waals surface area contributed by atoms with Crippen molar-refractivity contribution in [1.82, 2.24) is 0 Å². The molecule has 1 saturated heterocycles. The molecule has 1 fully saturated rings. The fourth-order valence-electron chi connectivity index (χ4n) is 2.31. The van der Waals surface area contributed by atoms with Crippen molar-refractivity contribution in [2.24, 2.45) is 0 Å². The number of nitro benzene ring substituents is 1. The fraction of sp³-hybridized carbons (Fsp3) is 0.417. The van der Waals surface area contributed by atoms with Gasteiger partial charge in [-0.25, -0.2) is 0 Å². The lowest BCUT2D eigenvalue weighted by Gasteiger charge is -2.25. The van der Waals surface area contributed by atoms with Gasteiger partial charge in [0.15, 0.2) is 0 Å².